The first-order valence-electron chi connectivity index (χ1n) is 6.36. The molecule has 1 N–H and O–H groups in total. The number of methoxy groups -OCH3 is 1. The maximum atomic E-state index is 11.9. The number of hydrogen-bond donors (Lipinski definition) is 1. The number of nitrogens with one attached hydrogen (secondary N) is 1. The third kappa shape index (κ3) is 2.81. The molecule has 0 radical (unpaired) electrons. The van der Waals surface area contributed by atoms with Crippen LogP contribution in [0.15, 0.2) is 0 Å². The summed E-state index contributed by atoms with van der Waals surface area (Å²) in [6.45, 7) is 4.67. The second-order valence-electron chi connectivity index (χ2n) is 4.78. The number of rotatable bonds is 5. The Morgan fingerprint density at radius 2 is 2.00 bits per heavy atom. The molecule has 2 rings (SSSR count). The molecule has 0 aromatic carbocycles. The van der Waals surface area contributed by atoms with Crippen LogP contribution in [0.3, 0.4) is 0 Å². The molecule has 102 valence electrons. The molecule has 2 aliphatic rings. The maximum Gasteiger partial charge on any atom is 0.321 e. The third-order valence-corrected chi connectivity index (χ3v) is 3.58. The fourth-order valence-electron chi connectivity index (χ4n) is 2.17. The first kappa shape index (κ1) is 13.3. The Labute approximate surface area is 107 Å². The van der Waals surface area contributed by atoms with Crippen molar-refractivity contribution in [3.63, 3.8) is 0 Å². The van der Waals surface area contributed by atoms with Crippen molar-refractivity contribution in [2.45, 2.75) is 12.8 Å². The number of morpholine rings is 1. The molecule has 1 heterocycles. The predicted molar refractivity (Wildman–Crippen MR) is 64.0 cm³/mol. The van der Waals surface area contributed by atoms with Crippen molar-refractivity contribution >= 4 is 11.9 Å². The standard InChI is InChI=1S/C12H20N2O4/c1-17-11(16)12(2-3-12)10(15)13-4-5-14-6-8-18-9-7-14/h2-9H2,1H3,(H,13,15). The maximum absolute atomic E-state index is 11.9. The molecule has 1 aliphatic carbocycles. The molecule has 1 amide bonds. The number of nitrogens with zero attached hydrogens (tertiary/aromatic N) is 1. The van der Waals surface area contributed by atoms with Gasteiger partial charge in [0.2, 0.25) is 5.91 Å². The monoisotopic (exact) mass is 256 g/mol. The van der Waals surface area contributed by atoms with Crippen LogP contribution < -0.4 is 5.32 Å². The Morgan fingerprint density at radius 3 is 2.56 bits per heavy atom. The Kier molecular flexibility index (Phi) is 4.19. The quantitative estimate of drug-likeness (QED) is 0.525. The molecule has 1 saturated heterocycles. The highest BCUT2D eigenvalue weighted by atomic mass is 16.5. The molecule has 1 saturated carbocycles. The number of carbonyl (C=O) groups excluding carboxylic acids is 2. The van der Waals surface area contributed by atoms with Gasteiger partial charge in [0.1, 0.15) is 5.41 Å². The number of ether oxygens (including phenoxy) is 2. The van der Waals surface area contributed by atoms with Crippen LogP contribution in [0.2, 0.25) is 0 Å². The van der Waals surface area contributed by atoms with Crippen molar-refractivity contribution in [3.8, 4) is 0 Å². The first-order valence-corrected chi connectivity index (χ1v) is 6.36. The smallest absolute Gasteiger partial charge is 0.321 e. The minimum Gasteiger partial charge on any atom is -0.468 e. The van der Waals surface area contributed by atoms with E-state index in [1.807, 2.05) is 0 Å². The lowest BCUT2D eigenvalue weighted by Gasteiger charge is -2.26. The minimum absolute atomic E-state index is 0.192. The zero-order valence-corrected chi connectivity index (χ0v) is 10.7. The lowest BCUT2D eigenvalue weighted by molar-refractivity contribution is -0.152. The average Bonchev–Trinajstić information content (AvgIpc) is 3.20. The van der Waals surface area contributed by atoms with Crippen molar-refractivity contribution in [2.24, 2.45) is 5.41 Å². The molecule has 1 aliphatic heterocycles. The van der Waals surface area contributed by atoms with Gasteiger partial charge in [0.05, 0.1) is 20.3 Å². The summed E-state index contributed by atoms with van der Waals surface area (Å²) in [5.74, 6) is -0.603. The molecule has 0 aromatic rings. The van der Waals surface area contributed by atoms with Crippen molar-refractivity contribution in [2.75, 3.05) is 46.5 Å². The molecule has 0 aromatic heterocycles. The van der Waals surface area contributed by atoms with E-state index in [0.29, 0.717) is 19.4 Å². The second kappa shape index (κ2) is 5.67. The van der Waals surface area contributed by atoms with Gasteiger partial charge < -0.3 is 14.8 Å². The van der Waals surface area contributed by atoms with E-state index < -0.39 is 11.4 Å². The number of hydrogen-bond acceptors (Lipinski definition) is 5. The van der Waals surface area contributed by atoms with Crippen LogP contribution in [0.4, 0.5) is 0 Å². The lowest BCUT2D eigenvalue weighted by atomic mass is 10.1. The summed E-state index contributed by atoms with van der Waals surface area (Å²) in [5.41, 5.74) is -0.889. The summed E-state index contributed by atoms with van der Waals surface area (Å²) < 4.78 is 9.92. The molecule has 6 nitrogen and oxygen atoms in total. The SMILES string of the molecule is COC(=O)C1(C(=O)NCCN2CCOCC2)CC1. The molecule has 6 heteroatoms. The molecule has 0 bridgehead atoms. The van der Waals surface area contributed by atoms with Gasteiger partial charge in [-0.2, -0.15) is 0 Å². The van der Waals surface area contributed by atoms with Crippen LogP contribution in [-0.4, -0.2) is 63.3 Å². The molecular weight excluding hydrogens is 236 g/mol. The van der Waals surface area contributed by atoms with Crippen molar-refractivity contribution in [1.82, 2.24) is 10.2 Å². The van der Waals surface area contributed by atoms with E-state index in [-0.39, 0.29) is 5.91 Å². The molecule has 0 atom stereocenters. The van der Waals surface area contributed by atoms with Crippen LogP contribution in [0, 0.1) is 5.41 Å². The van der Waals surface area contributed by atoms with E-state index >= 15 is 0 Å². The van der Waals surface area contributed by atoms with Gasteiger partial charge in [-0.15, -0.1) is 0 Å². The number of esters is 1. The molecule has 0 spiro atoms. The van der Waals surface area contributed by atoms with Gasteiger partial charge in [0, 0.05) is 26.2 Å². The zero-order chi connectivity index (χ0) is 13.0. The normalized spacial score (nSPS) is 22.3. The van der Waals surface area contributed by atoms with Gasteiger partial charge in [0.25, 0.3) is 0 Å². The van der Waals surface area contributed by atoms with Gasteiger partial charge >= 0.3 is 5.97 Å². The van der Waals surface area contributed by atoms with Gasteiger partial charge in [-0.25, -0.2) is 0 Å². The van der Waals surface area contributed by atoms with Crippen molar-refractivity contribution in [3.05, 3.63) is 0 Å². The molecule has 0 unspecified atom stereocenters. The van der Waals surface area contributed by atoms with Crippen molar-refractivity contribution < 1.29 is 19.1 Å². The summed E-state index contributed by atoms with van der Waals surface area (Å²) in [5, 5.41) is 2.83. The summed E-state index contributed by atoms with van der Waals surface area (Å²) in [6.07, 6.45) is 1.20. The van der Waals surface area contributed by atoms with E-state index in [0.717, 1.165) is 32.8 Å². The van der Waals surface area contributed by atoms with E-state index in [1.165, 1.54) is 7.11 Å². The van der Waals surface area contributed by atoms with E-state index in [9.17, 15) is 9.59 Å². The summed E-state index contributed by atoms with van der Waals surface area (Å²) in [4.78, 5) is 25.6. The van der Waals surface area contributed by atoms with E-state index in [2.05, 4.69) is 15.0 Å². The first-order chi connectivity index (χ1) is 8.69. The van der Waals surface area contributed by atoms with Crippen LogP contribution in [0.5, 0.6) is 0 Å². The second-order valence-corrected chi connectivity index (χ2v) is 4.78. The van der Waals surface area contributed by atoms with Crippen LogP contribution >= 0.6 is 0 Å². The Bertz CT molecular complexity index is 322. The average molecular weight is 256 g/mol. The predicted octanol–water partition coefficient (Wildman–Crippen LogP) is -0.612. The van der Waals surface area contributed by atoms with Gasteiger partial charge in [0.15, 0.2) is 0 Å². The van der Waals surface area contributed by atoms with Crippen LogP contribution in [-0.2, 0) is 19.1 Å². The fraction of sp³-hybridized carbons (Fsp3) is 0.833. The topological polar surface area (TPSA) is 67.9 Å². The molecule has 2 fully saturated rings. The zero-order valence-electron chi connectivity index (χ0n) is 10.7. The van der Waals surface area contributed by atoms with E-state index in [1.54, 1.807) is 0 Å². The summed E-state index contributed by atoms with van der Waals surface area (Å²) in [6, 6.07) is 0. The summed E-state index contributed by atoms with van der Waals surface area (Å²) in [7, 11) is 1.32. The number of amides is 1. The highest BCUT2D eigenvalue weighted by Crippen LogP contribution is 2.46. The minimum atomic E-state index is -0.889. The summed E-state index contributed by atoms with van der Waals surface area (Å²) >= 11 is 0. The highest BCUT2D eigenvalue weighted by Gasteiger charge is 2.57. The Balaban J connectivity index is 1.70. The fourth-order valence-corrected chi connectivity index (χ4v) is 2.17. The van der Waals surface area contributed by atoms with Crippen molar-refractivity contribution in [1.29, 1.82) is 0 Å². The molecular formula is C12H20N2O4. The largest absolute Gasteiger partial charge is 0.468 e. The number of carbonyl (C=O) groups is 2. The van der Waals surface area contributed by atoms with E-state index in [4.69, 9.17) is 4.74 Å². The van der Waals surface area contributed by atoms with Gasteiger partial charge in [-0.05, 0) is 12.8 Å². The van der Waals surface area contributed by atoms with Gasteiger partial charge in [-0.3, -0.25) is 14.5 Å². The van der Waals surface area contributed by atoms with Crippen LogP contribution in [0.25, 0.3) is 0 Å². The molecule has 18 heavy (non-hydrogen) atoms. The Morgan fingerprint density at radius 1 is 1.33 bits per heavy atom. The van der Waals surface area contributed by atoms with Gasteiger partial charge in [-0.1, -0.05) is 0 Å². The highest BCUT2D eigenvalue weighted by molar-refractivity contribution is 6.05. The lowest BCUT2D eigenvalue weighted by Crippen LogP contribution is -2.44. The van der Waals surface area contributed by atoms with Crippen LogP contribution in [0.1, 0.15) is 12.8 Å². The Hall–Kier alpha value is -1.14. The third-order valence-electron chi connectivity index (χ3n) is 3.58.